The molecule has 0 bridgehead atoms. The van der Waals surface area contributed by atoms with E-state index < -0.39 is 12.1 Å². The van der Waals surface area contributed by atoms with E-state index >= 15 is 0 Å². The van der Waals surface area contributed by atoms with Gasteiger partial charge < -0.3 is 26.4 Å². The maximum absolute atomic E-state index is 12.6. The Morgan fingerprint density at radius 2 is 1.84 bits per heavy atom. The van der Waals surface area contributed by atoms with Gasteiger partial charge in [0.2, 0.25) is 5.91 Å². The zero-order valence-corrected chi connectivity index (χ0v) is 15.2. The predicted octanol–water partition coefficient (Wildman–Crippen LogP) is 0.990. The monoisotopic (exact) mass is 350 g/mol. The molecule has 25 heavy (non-hydrogen) atoms. The van der Waals surface area contributed by atoms with Crippen molar-refractivity contribution in [2.45, 2.75) is 38.8 Å². The Labute approximate surface area is 149 Å². The molecule has 0 aliphatic carbocycles. The van der Waals surface area contributed by atoms with Crippen LogP contribution in [0.2, 0.25) is 0 Å². The molecule has 0 fully saturated rings. The van der Waals surface area contributed by atoms with E-state index in [1.165, 1.54) is 7.11 Å². The Balaban J connectivity index is 2.75. The van der Waals surface area contributed by atoms with Crippen molar-refractivity contribution in [3.05, 3.63) is 35.9 Å². The predicted molar refractivity (Wildman–Crippen MR) is 97.9 cm³/mol. The zero-order valence-electron chi connectivity index (χ0n) is 15.2. The lowest BCUT2D eigenvalue weighted by molar-refractivity contribution is -0.124. The first-order valence-electron chi connectivity index (χ1n) is 8.57. The van der Waals surface area contributed by atoms with E-state index in [-0.39, 0.29) is 17.9 Å². The summed E-state index contributed by atoms with van der Waals surface area (Å²) in [5.74, 6) is -0.271. The molecule has 140 valence electrons. The van der Waals surface area contributed by atoms with E-state index in [4.69, 9.17) is 5.73 Å². The number of hydrogen-bond donors (Lipinski definition) is 4. The number of hydrogen-bond acceptors (Lipinski definition) is 5. The van der Waals surface area contributed by atoms with Gasteiger partial charge >= 0.3 is 6.09 Å². The van der Waals surface area contributed by atoms with Crippen LogP contribution in [0.25, 0.3) is 0 Å². The Morgan fingerprint density at radius 1 is 1.16 bits per heavy atom. The summed E-state index contributed by atoms with van der Waals surface area (Å²) in [6, 6.07) is 9.26. The van der Waals surface area contributed by atoms with Crippen molar-refractivity contribution in [3.63, 3.8) is 0 Å². The smallest absolute Gasteiger partial charge is 0.407 e. The number of nitrogens with two attached hydrogens (primary N) is 1. The summed E-state index contributed by atoms with van der Waals surface area (Å²) in [4.78, 5) is 24.1. The third-order valence-electron chi connectivity index (χ3n) is 3.89. The van der Waals surface area contributed by atoms with Gasteiger partial charge in [0, 0.05) is 12.7 Å². The van der Waals surface area contributed by atoms with Crippen molar-refractivity contribution in [1.82, 2.24) is 16.0 Å². The standard InChI is InChI=1S/C18H30N4O3/c1-13(2)16(22-18(24)25-3)17(23)21-15(9-10-20-12-19)11-14-7-5-4-6-8-14/h4-8,13,15-16,20H,9-12,19H2,1-3H3,(H,21,23)(H,22,24)/t15-,16+/m1/s1. The molecule has 0 aliphatic rings. The van der Waals surface area contributed by atoms with Gasteiger partial charge in [-0.2, -0.15) is 0 Å². The number of amides is 2. The summed E-state index contributed by atoms with van der Waals surface area (Å²) >= 11 is 0. The Morgan fingerprint density at radius 3 is 2.40 bits per heavy atom. The fourth-order valence-corrected chi connectivity index (χ4v) is 2.51. The average molecular weight is 350 g/mol. The SMILES string of the molecule is COC(=O)N[C@H](C(=O)N[C@H](CCNCN)Cc1ccccc1)C(C)C. The van der Waals surface area contributed by atoms with Crippen molar-refractivity contribution in [2.24, 2.45) is 11.7 Å². The van der Waals surface area contributed by atoms with Crippen LogP contribution in [0.4, 0.5) is 4.79 Å². The largest absolute Gasteiger partial charge is 0.453 e. The Hall–Kier alpha value is -2.12. The van der Waals surface area contributed by atoms with Gasteiger partial charge in [0.1, 0.15) is 6.04 Å². The maximum atomic E-state index is 12.6. The fourth-order valence-electron chi connectivity index (χ4n) is 2.51. The van der Waals surface area contributed by atoms with E-state index in [1.807, 2.05) is 44.2 Å². The van der Waals surface area contributed by atoms with Crippen LogP contribution in [0.15, 0.2) is 30.3 Å². The number of nitrogens with one attached hydrogen (secondary N) is 3. The van der Waals surface area contributed by atoms with Crippen LogP contribution < -0.4 is 21.7 Å². The molecule has 0 unspecified atom stereocenters. The summed E-state index contributed by atoms with van der Waals surface area (Å²) in [6.45, 7) is 4.85. The summed E-state index contributed by atoms with van der Waals surface area (Å²) in [7, 11) is 1.28. The second-order valence-corrected chi connectivity index (χ2v) is 6.25. The first kappa shape index (κ1) is 20.9. The molecule has 7 nitrogen and oxygen atoms in total. The number of methoxy groups -OCH3 is 1. The van der Waals surface area contributed by atoms with Gasteiger partial charge in [0.05, 0.1) is 7.11 Å². The molecule has 1 aromatic carbocycles. The molecule has 0 saturated heterocycles. The van der Waals surface area contributed by atoms with Gasteiger partial charge in [0.25, 0.3) is 0 Å². The van der Waals surface area contributed by atoms with E-state index in [9.17, 15) is 9.59 Å². The molecule has 5 N–H and O–H groups in total. The van der Waals surface area contributed by atoms with E-state index in [0.717, 1.165) is 12.0 Å². The summed E-state index contributed by atoms with van der Waals surface area (Å²) < 4.78 is 4.61. The molecule has 0 aliphatic heterocycles. The number of ether oxygens (including phenoxy) is 1. The molecule has 0 saturated carbocycles. The summed E-state index contributed by atoms with van der Waals surface area (Å²) in [6.07, 6.45) is 0.834. The molecule has 0 aromatic heterocycles. The first-order chi connectivity index (χ1) is 12.0. The highest BCUT2D eigenvalue weighted by molar-refractivity contribution is 5.86. The van der Waals surface area contributed by atoms with Crippen LogP contribution in [0.3, 0.4) is 0 Å². The van der Waals surface area contributed by atoms with Crippen molar-refractivity contribution < 1.29 is 14.3 Å². The number of carbonyl (C=O) groups is 2. The van der Waals surface area contributed by atoms with Gasteiger partial charge in [-0.25, -0.2) is 4.79 Å². The molecule has 2 atom stereocenters. The van der Waals surface area contributed by atoms with E-state index in [1.54, 1.807) is 0 Å². The zero-order chi connectivity index (χ0) is 18.7. The van der Waals surface area contributed by atoms with Crippen LogP contribution in [0.1, 0.15) is 25.8 Å². The minimum absolute atomic E-state index is 0.0568. The fraction of sp³-hybridized carbons (Fsp3) is 0.556. The molecule has 0 radical (unpaired) electrons. The van der Waals surface area contributed by atoms with Crippen LogP contribution >= 0.6 is 0 Å². The third-order valence-corrected chi connectivity index (χ3v) is 3.89. The van der Waals surface area contributed by atoms with Crippen molar-refractivity contribution in [1.29, 1.82) is 0 Å². The second-order valence-electron chi connectivity index (χ2n) is 6.25. The summed E-state index contributed by atoms with van der Waals surface area (Å²) in [5, 5.41) is 8.71. The molecular formula is C18H30N4O3. The van der Waals surface area contributed by atoms with Crippen LogP contribution in [-0.2, 0) is 16.0 Å². The highest BCUT2D eigenvalue weighted by Crippen LogP contribution is 2.08. The van der Waals surface area contributed by atoms with Gasteiger partial charge in [-0.3, -0.25) is 4.79 Å². The Kier molecular flexibility index (Phi) is 9.57. The highest BCUT2D eigenvalue weighted by atomic mass is 16.5. The van der Waals surface area contributed by atoms with Crippen LogP contribution in [0, 0.1) is 5.92 Å². The lowest BCUT2D eigenvalue weighted by atomic mass is 10.00. The maximum Gasteiger partial charge on any atom is 0.407 e. The quantitative estimate of drug-likeness (QED) is 0.372. The molecule has 0 heterocycles. The molecule has 1 rings (SSSR count). The van der Waals surface area contributed by atoms with Crippen LogP contribution in [0.5, 0.6) is 0 Å². The molecule has 7 heteroatoms. The number of carbonyl (C=O) groups excluding carboxylic acids is 2. The Bertz CT molecular complexity index is 522. The van der Waals surface area contributed by atoms with Gasteiger partial charge in [0.15, 0.2) is 0 Å². The molecular weight excluding hydrogens is 320 g/mol. The van der Waals surface area contributed by atoms with Gasteiger partial charge in [-0.05, 0) is 30.9 Å². The van der Waals surface area contributed by atoms with Gasteiger partial charge in [-0.15, -0.1) is 0 Å². The number of alkyl carbamates (subject to hydrolysis) is 1. The third kappa shape index (κ3) is 8.00. The topological polar surface area (TPSA) is 105 Å². The number of rotatable bonds is 10. The minimum Gasteiger partial charge on any atom is -0.453 e. The van der Waals surface area contributed by atoms with Crippen molar-refractivity contribution in [3.8, 4) is 0 Å². The van der Waals surface area contributed by atoms with E-state index in [2.05, 4.69) is 20.7 Å². The molecule has 2 amide bonds. The molecule has 1 aromatic rings. The second kappa shape index (κ2) is 11.4. The summed E-state index contributed by atoms with van der Waals surface area (Å²) in [5.41, 5.74) is 6.61. The first-order valence-corrected chi connectivity index (χ1v) is 8.57. The highest BCUT2D eigenvalue weighted by Gasteiger charge is 2.26. The van der Waals surface area contributed by atoms with Crippen molar-refractivity contribution >= 4 is 12.0 Å². The van der Waals surface area contributed by atoms with Crippen LogP contribution in [-0.4, -0.2) is 44.4 Å². The minimum atomic E-state index is -0.645. The van der Waals surface area contributed by atoms with Crippen molar-refractivity contribution in [2.75, 3.05) is 20.3 Å². The van der Waals surface area contributed by atoms with E-state index in [0.29, 0.717) is 19.6 Å². The lowest BCUT2D eigenvalue weighted by Gasteiger charge is -2.25. The lowest BCUT2D eigenvalue weighted by Crippen LogP contribution is -2.52. The molecule has 0 spiro atoms. The average Bonchev–Trinajstić information content (AvgIpc) is 2.60. The van der Waals surface area contributed by atoms with Gasteiger partial charge in [-0.1, -0.05) is 44.2 Å². The normalized spacial score (nSPS) is 13.2. The number of benzene rings is 1.